The summed E-state index contributed by atoms with van der Waals surface area (Å²) in [5.41, 5.74) is 8.17. The molecule has 130 valence electrons. The van der Waals surface area contributed by atoms with Gasteiger partial charge in [0.1, 0.15) is 0 Å². The lowest BCUT2D eigenvalue weighted by atomic mass is 9.96. The Balaban J connectivity index is 0.00000208. The lowest BCUT2D eigenvalue weighted by Crippen LogP contribution is -2.41. The number of guanidine groups is 1. The van der Waals surface area contributed by atoms with Gasteiger partial charge in [0.15, 0.2) is 5.96 Å². The quantitative estimate of drug-likeness (QED) is 0.427. The van der Waals surface area contributed by atoms with Crippen LogP contribution in [0.3, 0.4) is 0 Å². The van der Waals surface area contributed by atoms with E-state index in [4.69, 9.17) is 5.73 Å². The molecule has 0 saturated heterocycles. The van der Waals surface area contributed by atoms with Gasteiger partial charge in [-0.25, -0.2) is 4.99 Å². The van der Waals surface area contributed by atoms with Crippen molar-refractivity contribution in [3.05, 3.63) is 53.9 Å². The lowest BCUT2D eigenvalue weighted by Gasteiger charge is -2.23. The number of hydrogen-bond acceptors (Lipinski definition) is 2. The minimum atomic E-state index is 0. The van der Waals surface area contributed by atoms with E-state index in [0.29, 0.717) is 18.5 Å². The van der Waals surface area contributed by atoms with Crippen LogP contribution in [0, 0.1) is 0 Å². The summed E-state index contributed by atoms with van der Waals surface area (Å²) in [4.78, 5) is 4.42. The lowest BCUT2D eigenvalue weighted by molar-refractivity contribution is 0.412. The maximum Gasteiger partial charge on any atom is 0.189 e. The van der Waals surface area contributed by atoms with Crippen LogP contribution in [0.1, 0.15) is 43.4 Å². The van der Waals surface area contributed by atoms with E-state index in [1.807, 2.05) is 35.1 Å². The Morgan fingerprint density at radius 1 is 1.17 bits per heavy atom. The summed E-state index contributed by atoms with van der Waals surface area (Å²) in [7, 11) is 0. The Hall–Kier alpha value is -1.57. The van der Waals surface area contributed by atoms with Crippen molar-refractivity contribution in [1.29, 1.82) is 0 Å². The van der Waals surface area contributed by atoms with Crippen molar-refractivity contribution in [1.82, 2.24) is 15.1 Å². The second kappa shape index (κ2) is 9.66. The van der Waals surface area contributed by atoms with Crippen LogP contribution < -0.4 is 11.1 Å². The fraction of sp³-hybridized carbons (Fsp3) is 0.444. The van der Waals surface area contributed by atoms with Gasteiger partial charge in [-0.05, 0) is 24.5 Å². The molecule has 24 heavy (non-hydrogen) atoms. The van der Waals surface area contributed by atoms with E-state index in [-0.39, 0.29) is 24.0 Å². The van der Waals surface area contributed by atoms with Gasteiger partial charge in [-0.2, -0.15) is 5.10 Å². The first-order valence-electron chi connectivity index (χ1n) is 8.42. The number of benzene rings is 1. The average molecular weight is 439 g/mol. The Morgan fingerprint density at radius 3 is 2.67 bits per heavy atom. The average Bonchev–Trinajstić information content (AvgIpc) is 3.02. The van der Waals surface area contributed by atoms with E-state index in [1.165, 1.54) is 37.7 Å². The van der Waals surface area contributed by atoms with Crippen LogP contribution in [0.4, 0.5) is 0 Å². The molecule has 5 nitrogen and oxygen atoms in total. The van der Waals surface area contributed by atoms with E-state index in [2.05, 4.69) is 27.5 Å². The van der Waals surface area contributed by atoms with Crippen molar-refractivity contribution in [2.75, 3.05) is 0 Å². The van der Waals surface area contributed by atoms with E-state index in [1.54, 1.807) is 0 Å². The number of aliphatic imine (C=N–C) groups is 1. The summed E-state index contributed by atoms with van der Waals surface area (Å²) < 4.78 is 1.94. The molecule has 1 aromatic heterocycles. The number of nitrogens with two attached hydrogens (primary N) is 1. The van der Waals surface area contributed by atoms with Crippen LogP contribution in [0.25, 0.3) is 0 Å². The third-order valence-electron chi connectivity index (χ3n) is 4.25. The molecule has 0 amide bonds. The summed E-state index contributed by atoms with van der Waals surface area (Å²) in [6, 6.07) is 12.8. The van der Waals surface area contributed by atoms with Gasteiger partial charge < -0.3 is 11.1 Å². The highest BCUT2D eigenvalue weighted by atomic mass is 127. The molecule has 1 saturated carbocycles. The third-order valence-corrected chi connectivity index (χ3v) is 4.25. The summed E-state index contributed by atoms with van der Waals surface area (Å²) in [5.74, 6) is 0.537. The molecule has 1 aliphatic carbocycles. The van der Waals surface area contributed by atoms with Crippen LogP contribution in [0.5, 0.6) is 0 Å². The van der Waals surface area contributed by atoms with Crippen molar-refractivity contribution in [3.63, 3.8) is 0 Å². The highest BCUT2D eigenvalue weighted by Crippen LogP contribution is 2.17. The molecule has 0 bridgehead atoms. The smallest absolute Gasteiger partial charge is 0.189 e. The second-order valence-electron chi connectivity index (χ2n) is 6.17. The number of nitrogens with one attached hydrogen (secondary N) is 1. The number of rotatable bonds is 5. The first kappa shape index (κ1) is 18.8. The summed E-state index contributed by atoms with van der Waals surface area (Å²) in [5, 5.41) is 7.88. The molecule has 6 heteroatoms. The molecule has 0 radical (unpaired) electrons. The number of nitrogens with zero attached hydrogens (tertiary/aromatic N) is 3. The molecule has 3 N–H and O–H groups in total. The van der Waals surface area contributed by atoms with Gasteiger partial charge >= 0.3 is 0 Å². The Bertz CT molecular complexity index is 632. The van der Waals surface area contributed by atoms with E-state index in [9.17, 15) is 0 Å². The highest BCUT2D eigenvalue weighted by molar-refractivity contribution is 14.0. The van der Waals surface area contributed by atoms with Gasteiger partial charge in [0.05, 0.1) is 18.8 Å². The van der Waals surface area contributed by atoms with Crippen molar-refractivity contribution in [3.8, 4) is 0 Å². The molecule has 1 heterocycles. The van der Waals surface area contributed by atoms with Crippen LogP contribution in [0.2, 0.25) is 0 Å². The minimum Gasteiger partial charge on any atom is -0.370 e. The number of halogens is 1. The molecule has 1 aliphatic rings. The predicted octanol–water partition coefficient (Wildman–Crippen LogP) is 3.29. The molecule has 0 aliphatic heterocycles. The SMILES string of the molecule is I.NC(=NCc1ccn(Cc2ccccc2)n1)NC1CCCCC1. The van der Waals surface area contributed by atoms with E-state index >= 15 is 0 Å². The molecule has 1 fully saturated rings. The monoisotopic (exact) mass is 439 g/mol. The Labute approximate surface area is 160 Å². The van der Waals surface area contributed by atoms with E-state index in [0.717, 1.165) is 12.2 Å². The molecule has 1 aromatic carbocycles. The zero-order chi connectivity index (χ0) is 15.9. The van der Waals surface area contributed by atoms with Crippen molar-refractivity contribution in [2.24, 2.45) is 10.7 Å². The Kier molecular flexibility index (Phi) is 7.55. The molecular weight excluding hydrogens is 413 g/mol. The summed E-state index contributed by atoms with van der Waals surface area (Å²) in [6.07, 6.45) is 8.30. The first-order valence-corrected chi connectivity index (χ1v) is 8.42. The van der Waals surface area contributed by atoms with Gasteiger partial charge in [-0.3, -0.25) is 4.68 Å². The fourth-order valence-corrected chi connectivity index (χ4v) is 3.01. The maximum absolute atomic E-state index is 5.99. The minimum absolute atomic E-state index is 0. The predicted molar refractivity (Wildman–Crippen MR) is 109 cm³/mol. The molecule has 0 spiro atoms. The summed E-state index contributed by atoms with van der Waals surface area (Å²) >= 11 is 0. The number of hydrogen-bond donors (Lipinski definition) is 2. The molecule has 2 aromatic rings. The van der Waals surface area contributed by atoms with Crippen LogP contribution in [0.15, 0.2) is 47.6 Å². The van der Waals surface area contributed by atoms with Crippen molar-refractivity contribution >= 4 is 29.9 Å². The second-order valence-corrected chi connectivity index (χ2v) is 6.17. The van der Waals surface area contributed by atoms with Crippen molar-refractivity contribution in [2.45, 2.75) is 51.2 Å². The maximum atomic E-state index is 5.99. The first-order chi connectivity index (χ1) is 11.3. The van der Waals surface area contributed by atoms with Crippen molar-refractivity contribution < 1.29 is 0 Å². The van der Waals surface area contributed by atoms with Gasteiger partial charge in [0.2, 0.25) is 0 Å². The topological polar surface area (TPSA) is 68.2 Å². The number of aromatic nitrogens is 2. The van der Waals surface area contributed by atoms with Crippen LogP contribution in [-0.2, 0) is 13.1 Å². The fourth-order valence-electron chi connectivity index (χ4n) is 3.01. The third kappa shape index (κ3) is 5.81. The molecule has 0 atom stereocenters. The Morgan fingerprint density at radius 2 is 1.92 bits per heavy atom. The standard InChI is InChI=1S/C18H25N5.HI/c19-18(21-16-9-5-2-6-10-16)20-13-17-11-12-23(22-17)14-15-7-3-1-4-8-15;/h1,3-4,7-8,11-12,16H,2,5-6,9-10,13-14H2,(H3,19,20,21);1H. The normalized spacial score (nSPS) is 15.8. The zero-order valence-corrected chi connectivity index (χ0v) is 16.2. The van der Waals surface area contributed by atoms with Gasteiger partial charge in [-0.1, -0.05) is 49.6 Å². The van der Waals surface area contributed by atoms with Gasteiger partial charge in [0, 0.05) is 12.2 Å². The van der Waals surface area contributed by atoms with Gasteiger partial charge in [-0.15, -0.1) is 24.0 Å². The molecule has 0 unspecified atom stereocenters. The zero-order valence-electron chi connectivity index (χ0n) is 13.9. The largest absolute Gasteiger partial charge is 0.370 e. The van der Waals surface area contributed by atoms with E-state index < -0.39 is 0 Å². The molecular formula is C18H26IN5. The van der Waals surface area contributed by atoms with Crippen LogP contribution >= 0.6 is 24.0 Å². The van der Waals surface area contributed by atoms with Gasteiger partial charge in [0.25, 0.3) is 0 Å². The highest BCUT2D eigenvalue weighted by Gasteiger charge is 2.13. The molecule has 3 rings (SSSR count). The summed E-state index contributed by atoms with van der Waals surface area (Å²) in [6.45, 7) is 1.30. The van der Waals surface area contributed by atoms with Crippen LogP contribution in [-0.4, -0.2) is 21.8 Å².